The van der Waals surface area contributed by atoms with Crippen molar-refractivity contribution in [1.82, 2.24) is 0 Å². The lowest BCUT2D eigenvalue weighted by molar-refractivity contribution is 0.0431. The summed E-state index contributed by atoms with van der Waals surface area (Å²) in [5.74, 6) is 0.414. The van der Waals surface area contributed by atoms with Crippen LogP contribution in [0.2, 0.25) is 5.82 Å². The molecule has 2 radical (unpaired) electrons. The Balaban J connectivity index is 2.41. The van der Waals surface area contributed by atoms with Crippen LogP contribution in [0.15, 0.2) is 0 Å². The third-order valence-electron chi connectivity index (χ3n) is 1.94. The summed E-state index contributed by atoms with van der Waals surface area (Å²) < 4.78 is 5.15. The highest BCUT2D eigenvalue weighted by molar-refractivity contribution is 6.12. The summed E-state index contributed by atoms with van der Waals surface area (Å²) in [6.45, 7) is 2.68. The lowest BCUT2D eigenvalue weighted by atomic mass is 9.78. The van der Waals surface area contributed by atoms with Gasteiger partial charge in [0.2, 0.25) is 0 Å². The SMILES string of the molecule is [B][C@@H]1COC(CO)[C@H]1C. The van der Waals surface area contributed by atoms with Gasteiger partial charge in [0, 0.05) is 6.61 Å². The molecule has 1 unspecified atom stereocenters. The normalized spacial score (nSPS) is 43.6. The highest BCUT2D eigenvalue weighted by atomic mass is 16.5. The molecule has 1 fully saturated rings. The zero-order valence-corrected chi connectivity index (χ0v) is 5.58. The Morgan fingerprint density at radius 1 is 1.78 bits per heavy atom. The molecule has 0 aromatic carbocycles. The van der Waals surface area contributed by atoms with Crippen molar-refractivity contribution < 1.29 is 9.84 Å². The fourth-order valence-electron chi connectivity index (χ4n) is 1.03. The van der Waals surface area contributed by atoms with Crippen molar-refractivity contribution in [2.24, 2.45) is 5.92 Å². The molecular formula is C6H11BO2. The molecule has 50 valence electrons. The third-order valence-corrected chi connectivity index (χ3v) is 1.94. The topological polar surface area (TPSA) is 29.5 Å². The van der Waals surface area contributed by atoms with Crippen LogP contribution in [0.5, 0.6) is 0 Å². The van der Waals surface area contributed by atoms with E-state index >= 15 is 0 Å². The molecule has 0 aromatic heterocycles. The van der Waals surface area contributed by atoms with Crippen molar-refractivity contribution in [3.63, 3.8) is 0 Å². The standard InChI is InChI=1S/C6H11BO2/c1-4-5(7)3-9-6(4)2-8/h4-6,8H,2-3H2,1H3/t4-,5+,6?/m0/s1. The summed E-state index contributed by atoms with van der Waals surface area (Å²) in [6, 6.07) is 0. The quantitative estimate of drug-likeness (QED) is 0.500. The molecular weight excluding hydrogens is 115 g/mol. The van der Waals surface area contributed by atoms with Gasteiger partial charge in [-0.3, -0.25) is 0 Å². The first-order chi connectivity index (χ1) is 4.25. The molecule has 3 atom stereocenters. The second-order valence-corrected chi connectivity index (χ2v) is 2.58. The predicted octanol–water partition coefficient (Wildman–Crippen LogP) is -0.0294. The molecule has 0 aromatic rings. The van der Waals surface area contributed by atoms with E-state index in [2.05, 4.69) is 0 Å². The Bertz CT molecular complexity index is 97.1. The van der Waals surface area contributed by atoms with Gasteiger partial charge in [-0.25, -0.2) is 0 Å². The summed E-state index contributed by atoms with van der Waals surface area (Å²) in [5.41, 5.74) is 0. The van der Waals surface area contributed by atoms with E-state index in [0.29, 0.717) is 12.5 Å². The van der Waals surface area contributed by atoms with Crippen molar-refractivity contribution in [2.45, 2.75) is 18.8 Å². The van der Waals surface area contributed by atoms with Crippen LogP contribution in [0.4, 0.5) is 0 Å². The summed E-state index contributed by atoms with van der Waals surface area (Å²) in [7, 11) is 5.61. The molecule has 1 N–H and O–H groups in total. The highest BCUT2D eigenvalue weighted by Crippen LogP contribution is 2.27. The van der Waals surface area contributed by atoms with Crippen LogP contribution in [-0.4, -0.2) is 32.3 Å². The van der Waals surface area contributed by atoms with E-state index in [1.807, 2.05) is 6.92 Å². The van der Waals surface area contributed by atoms with Gasteiger partial charge in [-0.1, -0.05) is 6.92 Å². The maximum atomic E-state index is 8.67. The molecule has 9 heavy (non-hydrogen) atoms. The Morgan fingerprint density at radius 3 is 2.67 bits per heavy atom. The van der Waals surface area contributed by atoms with Crippen LogP contribution in [0, 0.1) is 5.92 Å². The molecule has 1 heterocycles. The minimum absolute atomic E-state index is 0.0278. The van der Waals surface area contributed by atoms with E-state index in [9.17, 15) is 0 Å². The first-order valence-electron chi connectivity index (χ1n) is 3.23. The van der Waals surface area contributed by atoms with E-state index in [1.54, 1.807) is 0 Å². The summed E-state index contributed by atoms with van der Waals surface area (Å²) in [6.07, 6.45) is -0.0278. The monoisotopic (exact) mass is 126 g/mol. The van der Waals surface area contributed by atoms with Gasteiger partial charge in [0.1, 0.15) is 0 Å². The average molecular weight is 126 g/mol. The smallest absolute Gasteiger partial charge is 0.0827 e. The highest BCUT2D eigenvalue weighted by Gasteiger charge is 2.29. The van der Waals surface area contributed by atoms with Crippen molar-refractivity contribution in [3.05, 3.63) is 0 Å². The van der Waals surface area contributed by atoms with Gasteiger partial charge < -0.3 is 9.84 Å². The average Bonchev–Trinajstić information content (AvgIpc) is 2.15. The zero-order valence-electron chi connectivity index (χ0n) is 5.58. The van der Waals surface area contributed by atoms with Gasteiger partial charge in [0.25, 0.3) is 0 Å². The molecule has 1 aliphatic heterocycles. The number of rotatable bonds is 1. The van der Waals surface area contributed by atoms with Gasteiger partial charge in [-0.15, -0.1) is 0 Å². The molecule has 0 aliphatic carbocycles. The Morgan fingerprint density at radius 2 is 2.44 bits per heavy atom. The van der Waals surface area contributed by atoms with E-state index in [-0.39, 0.29) is 18.5 Å². The minimum Gasteiger partial charge on any atom is -0.394 e. The Kier molecular flexibility index (Phi) is 2.14. The minimum atomic E-state index is -0.0278. The molecule has 0 spiro atoms. The van der Waals surface area contributed by atoms with Crippen LogP contribution in [0.25, 0.3) is 0 Å². The second kappa shape index (κ2) is 2.71. The van der Waals surface area contributed by atoms with Gasteiger partial charge in [-0.2, -0.15) is 0 Å². The van der Waals surface area contributed by atoms with Crippen LogP contribution >= 0.6 is 0 Å². The van der Waals surface area contributed by atoms with Gasteiger partial charge in [0.05, 0.1) is 20.6 Å². The molecule has 2 nitrogen and oxygen atoms in total. The molecule has 0 amide bonds. The summed E-state index contributed by atoms with van der Waals surface area (Å²) >= 11 is 0. The number of hydrogen-bond acceptors (Lipinski definition) is 2. The zero-order chi connectivity index (χ0) is 6.85. The lowest BCUT2D eigenvalue weighted by Crippen LogP contribution is -2.19. The molecule has 0 bridgehead atoms. The maximum absolute atomic E-state index is 8.67. The summed E-state index contributed by atoms with van der Waals surface area (Å²) in [5, 5.41) is 8.67. The van der Waals surface area contributed by atoms with Crippen LogP contribution in [-0.2, 0) is 4.74 Å². The molecule has 0 saturated carbocycles. The van der Waals surface area contributed by atoms with E-state index in [0.717, 1.165) is 0 Å². The largest absolute Gasteiger partial charge is 0.394 e. The number of ether oxygens (including phenoxy) is 1. The Labute approximate surface area is 56.6 Å². The molecule has 1 aliphatic rings. The lowest BCUT2D eigenvalue weighted by Gasteiger charge is -2.12. The van der Waals surface area contributed by atoms with Crippen molar-refractivity contribution in [2.75, 3.05) is 13.2 Å². The van der Waals surface area contributed by atoms with Crippen LogP contribution < -0.4 is 0 Å². The summed E-state index contributed by atoms with van der Waals surface area (Å²) in [4.78, 5) is 0. The maximum Gasteiger partial charge on any atom is 0.0827 e. The second-order valence-electron chi connectivity index (χ2n) is 2.58. The van der Waals surface area contributed by atoms with Gasteiger partial charge in [-0.05, 0) is 11.7 Å². The van der Waals surface area contributed by atoms with E-state index in [1.165, 1.54) is 0 Å². The van der Waals surface area contributed by atoms with Crippen LogP contribution in [0.3, 0.4) is 0 Å². The molecule has 3 heteroatoms. The van der Waals surface area contributed by atoms with Crippen molar-refractivity contribution in [1.29, 1.82) is 0 Å². The van der Waals surface area contributed by atoms with Crippen molar-refractivity contribution in [3.8, 4) is 0 Å². The molecule has 1 rings (SSSR count). The van der Waals surface area contributed by atoms with Crippen LogP contribution in [0.1, 0.15) is 6.92 Å². The number of aliphatic hydroxyl groups is 1. The van der Waals surface area contributed by atoms with E-state index < -0.39 is 0 Å². The predicted molar refractivity (Wildman–Crippen MR) is 35.5 cm³/mol. The number of hydrogen-bond donors (Lipinski definition) is 1. The fraction of sp³-hybridized carbons (Fsp3) is 1.00. The first-order valence-corrected chi connectivity index (χ1v) is 3.23. The first kappa shape index (κ1) is 7.10. The van der Waals surface area contributed by atoms with Gasteiger partial charge in [0.15, 0.2) is 0 Å². The number of aliphatic hydroxyl groups excluding tert-OH is 1. The Hall–Kier alpha value is -0.0151. The van der Waals surface area contributed by atoms with E-state index in [4.69, 9.17) is 17.7 Å². The molecule has 1 saturated heterocycles. The van der Waals surface area contributed by atoms with Gasteiger partial charge >= 0.3 is 0 Å². The van der Waals surface area contributed by atoms with Crippen molar-refractivity contribution >= 4 is 7.85 Å². The fourth-order valence-corrected chi connectivity index (χ4v) is 1.03. The third kappa shape index (κ3) is 1.27.